The number of benzene rings is 2. The number of hydrogen-bond donors (Lipinski definition) is 0. The number of aryl methyl sites for hydroxylation is 2. The molecule has 0 bridgehead atoms. The van der Waals surface area contributed by atoms with Gasteiger partial charge in [0.15, 0.2) is 0 Å². The summed E-state index contributed by atoms with van der Waals surface area (Å²) < 4.78 is 29.7. The van der Waals surface area contributed by atoms with Crippen LogP contribution in [0, 0.1) is 6.92 Å². The van der Waals surface area contributed by atoms with E-state index in [1.165, 1.54) is 0 Å². The van der Waals surface area contributed by atoms with Crippen LogP contribution in [0.1, 0.15) is 18.1 Å². The van der Waals surface area contributed by atoms with Crippen molar-refractivity contribution in [2.24, 2.45) is 0 Å². The summed E-state index contributed by atoms with van der Waals surface area (Å²) in [5.74, 6) is 0.324. The van der Waals surface area contributed by atoms with Crippen LogP contribution in [0.5, 0.6) is 5.75 Å². The molecule has 0 heterocycles. The molecule has 0 atom stereocenters. The Balaban J connectivity index is 2.40. The molecular weight excluding hydrogens is 260 g/mol. The second kappa shape index (κ2) is 5.45. The van der Waals surface area contributed by atoms with E-state index in [2.05, 4.69) is 0 Å². The first-order valence-corrected chi connectivity index (χ1v) is 7.53. The third kappa shape index (κ3) is 3.15. The van der Waals surface area contributed by atoms with Gasteiger partial charge in [0.25, 0.3) is 0 Å². The van der Waals surface area contributed by atoms with E-state index >= 15 is 0 Å². The average Bonchev–Trinajstić information content (AvgIpc) is 2.38. The van der Waals surface area contributed by atoms with Gasteiger partial charge in [0.05, 0.1) is 0 Å². The van der Waals surface area contributed by atoms with Crippen molar-refractivity contribution in [1.29, 1.82) is 0 Å². The lowest BCUT2D eigenvalue weighted by molar-refractivity contribution is 0.485. The second-order valence-electron chi connectivity index (χ2n) is 4.32. The molecule has 4 heteroatoms. The first-order chi connectivity index (χ1) is 9.03. The van der Waals surface area contributed by atoms with Gasteiger partial charge in [-0.15, -0.1) is 0 Å². The topological polar surface area (TPSA) is 43.4 Å². The van der Waals surface area contributed by atoms with Crippen LogP contribution >= 0.6 is 0 Å². The van der Waals surface area contributed by atoms with Crippen molar-refractivity contribution in [3.05, 3.63) is 59.7 Å². The molecule has 0 aliphatic heterocycles. The van der Waals surface area contributed by atoms with Crippen LogP contribution in [-0.2, 0) is 16.5 Å². The predicted molar refractivity (Wildman–Crippen MR) is 74.8 cm³/mol. The normalized spacial score (nSPS) is 11.3. The molecule has 0 spiro atoms. The predicted octanol–water partition coefficient (Wildman–Crippen LogP) is 3.33. The molecule has 0 fully saturated rings. The molecule has 3 nitrogen and oxygen atoms in total. The van der Waals surface area contributed by atoms with E-state index in [4.69, 9.17) is 4.18 Å². The van der Waals surface area contributed by atoms with Crippen molar-refractivity contribution in [3.8, 4) is 5.75 Å². The van der Waals surface area contributed by atoms with Crippen LogP contribution in [-0.4, -0.2) is 8.42 Å². The molecule has 2 aromatic carbocycles. The maximum atomic E-state index is 12.3. The van der Waals surface area contributed by atoms with Gasteiger partial charge in [0.1, 0.15) is 10.6 Å². The minimum Gasteiger partial charge on any atom is -0.379 e. The Labute approximate surface area is 114 Å². The van der Waals surface area contributed by atoms with Crippen molar-refractivity contribution in [2.75, 3.05) is 0 Å². The van der Waals surface area contributed by atoms with Crippen LogP contribution in [0.25, 0.3) is 0 Å². The fourth-order valence-corrected chi connectivity index (χ4v) is 3.09. The third-order valence-corrected chi connectivity index (χ3v) is 4.16. The average molecular weight is 276 g/mol. The molecule has 0 saturated carbocycles. The van der Waals surface area contributed by atoms with Crippen molar-refractivity contribution in [3.63, 3.8) is 0 Å². The zero-order chi connectivity index (χ0) is 13.9. The molecule has 0 aliphatic carbocycles. The molecule has 0 amide bonds. The van der Waals surface area contributed by atoms with E-state index in [0.717, 1.165) is 11.1 Å². The molecule has 0 aliphatic rings. The van der Waals surface area contributed by atoms with Crippen LogP contribution in [0.15, 0.2) is 53.4 Å². The zero-order valence-corrected chi connectivity index (χ0v) is 11.8. The first-order valence-electron chi connectivity index (χ1n) is 6.12. The number of para-hydroxylation sites is 1. The number of hydrogen-bond acceptors (Lipinski definition) is 3. The van der Waals surface area contributed by atoms with Gasteiger partial charge in [-0.3, -0.25) is 0 Å². The zero-order valence-electron chi connectivity index (χ0n) is 11.0. The van der Waals surface area contributed by atoms with Crippen molar-refractivity contribution in [1.82, 2.24) is 0 Å². The van der Waals surface area contributed by atoms with Gasteiger partial charge in [-0.1, -0.05) is 42.8 Å². The summed E-state index contributed by atoms with van der Waals surface area (Å²) in [5, 5.41) is 0. The minimum absolute atomic E-state index is 0.240. The van der Waals surface area contributed by atoms with Crippen LogP contribution in [0.3, 0.4) is 0 Å². The largest absolute Gasteiger partial charge is 0.379 e. The quantitative estimate of drug-likeness (QED) is 0.804. The maximum Gasteiger partial charge on any atom is 0.339 e. The summed E-state index contributed by atoms with van der Waals surface area (Å²) in [7, 11) is -3.77. The van der Waals surface area contributed by atoms with Crippen molar-refractivity contribution < 1.29 is 12.6 Å². The fourth-order valence-electron chi connectivity index (χ4n) is 1.88. The van der Waals surface area contributed by atoms with E-state index in [-0.39, 0.29) is 4.90 Å². The van der Waals surface area contributed by atoms with Crippen LogP contribution < -0.4 is 4.18 Å². The maximum absolute atomic E-state index is 12.3. The Morgan fingerprint density at radius 2 is 1.74 bits per heavy atom. The highest BCUT2D eigenvalue weighted by Gasteiger charge is 2.20. The Morgan fingerprint density at radius 1 is 1.05 bits per heavy atom. The fraction of sp³-hybridized carbons (Fsp3) is 0.200. The highest BCUT2D eigenvalue weighted by molar-refractivity contribution is 7.87. The lowest BCUT2D eigenvalue weighted by Gasteiger charge is -2.11. The van der Waals surface area contributed by atoms with Gasteiger partial charge in [-0.2, -0.15) is 8.42 Å². The molecule has 2 aromatic rings. The van der Waals surface area contributed by atoms with Gasteiger partial charge in [-0.05, 0) is 37.1 Å². The lowest BCUT2D eigenvalue weighted by atomic mass is 10.1. The summed E-state index contributed by atoms with van der Waals surface area (Å²) in [6, 6.07) is 13.8. The molecule has 100 valence electrons. The highest BCUT2D eigenvalue weighted by Crippen LogP contribution is 2.22. The second-order valence-corrected chi connectivity index (χ2v) is 5.83. The smallest absolute Gasteiger partial charge is 0.339 e. The standard InChI is InChI=1S/C15H16O3S/c1-3-13-11-12(2)9-10-15(13)19(16,17)18-14-7-5-4-6-8-14/h4-11H,3H2,1-2H3. The summed E-state index contributed by atoms with van der Waals surface area (Å²) >= 11 is 0. The van der Waals surface area contributed by atoms with E-state index in [0.29, 0.717) is 12.2 Å². The van der Waals surface area contributed by atoms with Gasteiger partial charge < -0.3 is 4.18 Å². The van der Waals surface area contributed by atoms with Gasteiger partial charge in [0, 0.05) is 0 Å². The Morgan fingerprint density at radius 3 is 2.37 bits per heavy atom. The molecule has 0 N–H and O–H groups in total. The Kier molecular flexibility index (Phi) is 3.90. The molecule has 2 rings (SSSR count). The van der Waals surface area contributed by atoms with Crippen LogP contribution in [0.2, 0.25) is 0 Å². The SMILES string of the molecule is CCc1cc(C)ccc1S(=O)(=O)Oc1ccccc1. The van der Waals surface area contributed by atoms with E-state index in [9.17, 15) is 8.42 Å². The van der Waals surface area contributed by atoms with Gasteiger partial charge >= 0.3 is 10.1 Å². The molecule has 19 heavy (non-hydrogen) atoms. The first kappa shape index (κ1) is 13.6. The Hall–Kier alpha value is -1.81. The summed E-state index contributed by atoms with van der Waals surface area (Å²) in [4.78, 5) is 0.240. The Bertz CT molecular complexity index is 661. The minimum atomic E-state index is -3.77. The summed E-state index contributed by atoms with van der Waals surface area (Å²) in [5.41, 5.74) is 1.81. The molecule has 0 unspecified atom stereocenters. The van der Waals surface area contributed by atoms with Crippen molar-refractivity contribution >= 4 is 10.1 Å². The highest BCUT2D eigenvalue weighted by atomic mass is 32.2. The molecule has 0 radical (unpaired) electrons. The lowest BCUT2D eigenvalue weighted by Crippen LogP contribution is -2.12. The summed E-state index contributed by atoms with van der Waals surface area (Å²) in [6.45, 7) is 3.87. The van der Waals surface area contributed by atoms with Crippen LogP contribution in [0.4, 0.5) is 0 Å². The molecular formula is C15H16O3S. The third-order valence-electron chi connectivity index (χ3n) is 2.82. The van der Waals surface area contributed by atoms with Crippen molar-refractivity contribution in [2.45, 2.75) is 25.2 Å². The van der Waals surface area contributed by atoms with E-state index in [1.807, 2.05) is 26.0 Å². The molecule has 0 saturated heterocycles. The van der Waals surface area contributed by atoms with E-state index in [1.54, 1.807) is 36.4 Å². The number of rotatable bonds is 4. The van der Waals surface area contributed by atoms with Gasteiger partial charge in [-0.25, -0.2) is 0 Å². The summed E-state index contributed by atoms with van der Waals surface area (Å²) in [6.07, 6.45) is 0.647. The van der Waals surface area contributed by atoms with E-state index < -0.39 is 10.1 Å². The monoisotopic (exact) mass is 276 g/mol. The van der Waals surface area contributed by atoms with Gasteiger partial charge in [0.2, 0.25) is 0 Å². The molecule has 0 aromatic heterocycles.